The number of methoxy groups -OCH3 is 2. The molecule has 1 aromatic carbocycles. The molecule has 22 heavy (non-hydrogen) atoms. The fourth-order valence-corrected chi connectivity index (χ4v) is 2.95. The summed E-state index contributed by atoms with van der Waals surface area (Å²) >= 11 is 0. The second kappa shape index (κ2) is 8.03. The molecular weight excluding hydrogens is 280 g/mol. The predicted molar refractivity (Wildman–Crippen MR) is 86.8 cm³/mol. The number of benzene rings is 1. The number of carbonyl (C=O) groups is 1. The maximum Gasteiger partial charge on any atom is 0.255 e. The summed E-state index contributed by atoms with van der Waals surface area (Å²) in [5, 5.41) is 3.12. The highest BCUT2D eigenvalue weighted by molar-refractivity contribution is 5.98. The second-order valence-electron chi connectivity index (χ2n) is 5.63. The molecule has 1 heterocycles. The summed E-state index contributed by atoms with van der Waals surface area (Å²) in [5.74, 6) is 0.975. The van der Waals surface area contributed by atoms with Crippen LogP contribution in [0.1, 0.15) is 36.5 Å². The summed E-state index contributed by atoms with van der Waals surface area (Å²) in [6, 6.07) is 5.60. The highest BCUT2D eigenvalue weighted by Crippen LogP contribution is 2.30. The zero-order valence-corrected chi connectivity index (χ0v) is 13.7. The summed E-state index contributed by atoms with van der Waals surface area (Å²) in [6.45, 7) is 5.44. The lowest BCUT2D eigenvalue weighted by molar-refractivity contribution is 0.0907. The number of hydrogen-bond donors (Lipinski definition) is 1. The minimum Gasteiger partial charge on any atom is -0.493 e. The van der Waals surface area contributed by atoms with Crippen molar-refractivity contribution in [1.82, 2.24) is 10.2 Å². The quantitative estimate of drug-likeness (QED) is 0.876. The van der Waals surface area contributed by atoms with Gasteiger partial charge in [-0.15, -0.1) is 0 Å². The first kappa shape index (κ1) is 16.6. The number of rotatable bonds is 6. The van der Waals surface area contributed by atoms with Gasteiger partial charge < -0.3 is 19.7 Å². The molecule has 5 heteroatoms. The van der Waals surface area contributed by atoms with Crippen molar-refractivity contribution in [3.63, 3.8) is 0 Å². The number of para-hydroxylation sites is 1. The molecule has 0 radical (unpaired) electrons. The van der Waals surface area contributed by atoms with Crippen LogP contribution in [0.3, 0.4) is 0 Å². The van der Waals surface area contributed by atoms with Crippen LogP contribution in [0.2, 0.25) is 0 Å². The Hall–Kier alpha value is -1.75. The van der Waals surface area contributed by atoms with Crippen LogP contribution in [0.5, 0.6) is 11.5 Å². The second-order valence-corrected chi connectivity index (χ2v) is 5.63. The van der Waals surface area contributed by atoms with Crippen LogP contribution < -0.4 is 14.8 Å². The number of amides is 1. The van der Waals surface area contributed by atoms with Gasteiger partial charge in [0, 0.05) is 19.1 Å². The Morgan fingerprint density at radius 2 is 2.00 bits per heavy atom. The number of hydrogen-bond acceptors (Lipinski definition) is 4. The molecule has 5 nitrogen and oxygen atoms in total. The normalized spacial score (nSPS) is 16.3. The van der Waals surface area contributed by atoms with E-state index in [9.17, 15) is 4.79 Å². The van der Waals surface area contributed by atoms with E-state index in [1.54, 1.807) is 32.4 Å². The van der Waals surface area contributed by atoms with E-state index in [1.807, 2.05) is 0 Å². The van der Waals surface area contributed by atoms with Crippen molar-refractivity contribution in [2.45, 2.75) is 32.2 Å². The maximum atomic E-state index is 12.5. The maximum absolute atomic E-state index is 12.5. The van der Waals surface area contributed by atoms with Crippen molar-refractivity contribution in [2.24, 2.45) is 0 Å². The molecule has 0 spiro atoms. The predicted octanol–water partition coefficient (Wildman–Crippen LogP) is 2.31. The van der Waals surface area contributed by atoms with Gasteiger partial charge >= 0.3 is 0 Å². The Balaban J connectivity index is 1.99. The lowest BCUT2D eigenvalue weighted by Gasteiger charge is -2.32. The van der Waals surface area contributed by atoms with Gasteiger partial charge in [0.25, 0.3) is 5.91 Å². The number of piperidine rings is 1. The summed E-state index contributed by atoms with van der Waals surface area (Å²) < 4.78 is 10.6. The summed E-state index contributed by atoms with van der Waals surface area (Å²) in [5.41, 5.74) is 0.526. The van der Waals surface area contributed by atoms with E-state index in [0.717, 1.165) is 32.5 Å². The Labute approximate surface area is 132 Å². The van der Waals surface area contributed by atoms with Gasteiger partial charge in [-0.2, -0.15) is 0 Å². The van der Waals surface area contributed by atoms with Gasteiger partial charge in [0.2, 0.25) is 0 Å². The Kier molecular flexibility index (Phi) is 6.07. The van der Waals surface area contributed by atoms with Gasteiger partial charge in [0.05, 0.1) is 19.8 Å². The van der Waals surface area contributed by atoms with Gasteiger partial charge in [0.15, 0.2) is 11.5 Å². The minimum atomic E-state index is -0.0929. The number of ether oxygens (including phenoxy) is 2. The zero-order chi connectivity index (χ0) is 15.9. The van der Waals surface area contributed by atoms with Crippen LogP contribution in [-0.2, 0) is 0 Å². The third kappa shape index (κ3) is 3.91. The van der Waals surface area contributed by atoms with E-state index in [-0.39, 0.29) is 11.9 Å². The number of nitrogens with zero attached hydrogens (tertiary/aromatic N) is 1. The van der Waals surface area contributed by atoms with E-state index in [4.69, 9.17) is 9.47 Å². The molecule has 1 aliphatic heterocycles. The van der Waals surface area contributed by atoms with Crippen molar-refractivity contribution in [3.8, 4) is 11.5 Å². The SMILES string of the molecule is CCCN1CCC(NC(=O)c2cccc(OC)c2OC)CC1. The van der Waals surface area contributed by atoms with Crippen LogP contribution in [-0.4, -0.2) is 50.7 Å². The highest BCUT2D eigenvalue weighted by atomic mass is 16.5. The van der Waals surface area contributed by atoms with Gasteiger partial charge in [-0.1, -0.05) is 13.0 Å². The van der Waals surface area contributed by atoms with Gasteiger partial charge in [0.1, 0.15) is 0 Å². The Morgan fingerprint density at radius 1 is 1.27 bits per heavy atom. The molecule has 0 aromatic heterocycles. The van der Waals surface area contributed by atoms with Gasteiger partial charge in [-0.3, -0.25) is 4.79 Å². The van der Waals surface area contributed by atoms with Crippen LogP contribution in [0, 0.1) is 0 Å². The number of nitrogens with one attached hydrogen (secondary N) is 1. The highest BCUT2D eigenvalue weighted by Gasteiger charge is 2.23. The lowest BCUT2D eigenvalue weighted by Crippen LogP contribution is -2.44. The van der Waals surface area contributed by atoms with Crippen LogP contribution in [0.15, 0.2) is 18.2 Å². The Morgan fingerprint density at radius 3 is 2.59 bits per heavy atom. The fraction of sp³-hybridized carbons (Fsp3) is 0.588. The van der Waals surface area contributed by atoms with Gasteiger partial charge in [-0.25, -0.2) is 0 Å². The molecule has 1 amide bonds. The molecule has 0 saturated carbocycles. The largest absolute Gasteiger partial charge is 0.493 e. The topological polar surface area (TPSA) is 50.8 Å². The smallest absolute Gasteiger partial charge is 0.255 e. The molecule has 2 rings (SSSR count). The molecular formula is C17H26N2O3. The molecule has 0 bridgehead atoms. The van der Waals surface area contributed by atoms with E-state index < -0.39 is 0 Å². The summed E-state index contributed by atoms with van der Waals surface area (Å²) in [7, 11) is 3.13. The molecule has 122 valence electrons. The molecule has 1 aliphatic rings. The number of carbonyl (C=O) groups excluding carboxylic acids is 1. The number of likely N-dealkylation sites (tertiary alicyclic amines) is 1. The fourth-order valence-electron chi connectivity index (χ4n) is 2.95. The van der Waals surface area contributed by atoms with Crippen molar-refractivity contribution < 1.29 is 14.3 Å². The van der Waals surface area contributed by atoms with Crippen LogP contribution in [0.25, 0.3) is 0 Å². The standard InChI is InChI=1S/C17H26N2O3/c1-4-10-19-11-8-13(9-12-19)18-17(20)14-6-5-7-15(21-2)16(14)22-3/h5-7,13H,4,8-12H2,1-3H3,(H,18,20). The summed E-state index contributed by atoms with van der Waals surface area (Å²) in [6.07, 6.45) is 3.17. The monoisotopic (exact) mass is 306 g/mol. The first-order valence-corrected chi connectivity index (χ1v) is 7.93. The van der Waals surface area contributed by atoms with E-state index in [1.165, 1.54) is 6.42 Å². The first-order chi connectivity index (χ1) is 10.7. The third-order valence-corrected chi connectivity index (χ3v) is 4.11. The average molecular weight is 306 g/mol. The van der Waals surface area contributed by atoms with Crippen LogP contribution >= 0.6 is 0 Å². The first-order valence-electron chi connectivity index (χ1n) is 7.93. The average Bonchev–Trinajstić information content (AvgIpc) is 2.56. The third-order valence-electron chi connectivity index (χ3n) is 4.11. The van der Waals surface area contributed by atoms with Crippen molar-refractivity contribution in [1.29, 1.82) is 0 Å². The molecule has 1 saturated heterocycles. The molecule has 0 aliphatic carbocycles. The lowest BCUT2D eigenvalue weighted by atomic mass is 10.0. The summed E-state index contributed by atoms with van der Waals surface area (Å²) in [4.78, 5) is 15.0. The van der Waals surface area contributed by atoms with Gasteiger partial charge in [-0.05, 0) is 37.9 Å². The van der Waals surface area contributed by atoms with E-state index >= 15 is 0 Å². The Bertz CT molecular complexity index is 497. The zero-order valence-electron chi connectivity index (χ0n) is 13.7. The molecule has 1 aromatic rings. The van der Waals surface area contributed by atoms with Crippen LogP contribution in [0.4, 0.5) is 0 Å². The van der Waals surface area contributed by atoms with E-state index in [0.29, 0.717) is 17.1 Å². The molecule has 0 atom stereocenters. The van der Waals surface area contributed by atoms with Crippen molar-refractivity contribution in [3.05, 3.63) is 23.8 Å². The van der Waals surface area contributed by atoms with Crippen molar-refractivity contribution >= 4 is 5.91 Å². The van der Waals surface area contributed by atoms with E-state index in [2.05, 4.69) is 17.1 Å². The minimum absolute atomic E-state index is 0.0929. The molecule has 0 unspecified atom stereocenters. The molecule has 1 N–H and O–H groups in total. The molecule has 1 fully saturated rings. The van der Waals surface area contributed by atoms with Crippen molar-refractivity contribution in [2.75, 3.05) is 33.9 Å².